The quantitative estimate of drug-likeness (QED) is 0.260. The van der Waals surface area contributed by atoms with Gasteiger partial charge in [0, 0.05) is 49.8 Å². The largest absolute Gasteiger partial charge is 0.493 e. The third kappa shape index (κ3) is 7.04. The van der Waals surface area contributed by atoms with Gasteiger partial charge >= 0.3 is 0 Å². The molecule has 43 heavy (non-hydrogen) atoms. The van der Waals surface area contributed by atoms with Crippen LogP contribution in [-0.2, 0) is 16.1 Å². The highest BCUT2D eigenvalue weighted by Gasteiger charge is 2.24. The first-order valence-electron chi connectivity index (χ1n) is 14.0. The minimum absolute atomic E-state index is 0.0159. The smallest absolute Gasteiger partial charge is 0.239 e. The van der Waals surface area contributed by atoms with E-state index >= 15 is 0 Å². The molecular formula is C29H35F2N7O5. The average Bonchev–Trinajstić information content (AvgIpc) is 3.44. The Bertz CT molecular complexity index is 1560. The molecule has 0 spiro atoms. The molecule has 0 bridgehead atoms. The van der Waals surface area contributed by atoms with Gasteiger partial charge < -0.3 is 35.3 Å². The molecule has 2 aliphatic rings. The number of amides is 1. The molecule has 1 amide bonds. The molecule has 2 aromatic carbocycles. The van der Waals surface area contributed by atoms with Crippen LogP contribution in [0.5, 0.6) is 11.5 Å². The van der Waals surface area contributed by atoms with E-state index in [4.69, 9.17) is 19.9 Å². The first-order valence-corrected chi connectivity index (χ1v) is 14.0. The second kappa shape index (κ2) is 13.8. The van der Waals surface area contributed by atoms with Crippen molar-refractivity contribution in [3.05, 3.63) is 64.9 Å². The molecule has 4 N–H and O–H groups in total. The Morgan fingerprint density at radius 2 is 2.05 bits per heavy atom. The summed E-state index contributed by atoms with van der Waals surface area (Å²) in [6.07, 6.45) is 4.87. The number of benzene rings is 2. The van der Waals surface area contributed by atoms with E-state index in [9.17, 15) is 18.7 Å². The topological polar surface area (TPSA) is 140 Å². The molecule has 0 atom stereocenters. The van der Waals surface area contributed by atoms with Crippen LogP contribution in [0.4, 0.5) is 20.2 Å². The number of nitrogens with zero attached hydrogens (tertiary/aromatic N) is 5. The van der Waals surface area contributed by atoms with Crippen LogP contribution in [0.2, 0.25) is 0 Å². The third-order valence-corrected chi connectivity index (χ3v) is 7.36. The summed E-state index contributed by atoms with van der Waals surface area (Å²) < 4.78 is 47.9. The zero-order chi connectivity index (χ0) is 30.3. The summed E-state index contributed by atoms with van der Waals surface area (Å²) in [6.45, 7) is 2.79. The third-order valence-electron chi connectivity index (χ3n) is 7.36. The molecule has 1 fully saturated rings. The van der Waals surface area contributed by atoms with Crippen LogP contribution in [0.25, 0.3) is 5.82 Å². The molecule has 14 heteroatoms. The zero-order valence-electron chi connectivity index (χ0n) is 23.8. The fourth-order valence-corrected chi connectivity index (χ4v) is 5.28. The van der Waals surface area contributed by atoms with Crippen LogP contribution in [0, 0.1) is 11.6 Å². The summed E-state index contributed by atoms with van der Waals surface area (Å²) >= 11 is 0. The van der Waals surface area contributed by atoms with Gasteiger partial charge in [0.05, 0.1) is 36.6 Å². The molecule has 0 saturated carbocycles. The van der Waals surface area contributed by atoms with Gasteiger partial charge in [-0.15, -0.1) is 0 Å². The number of halogens is 2. The number of nitrogens with one attached hydrogen (secondary N) is 1. The summed E-state index contributed by atoms with van der Waals surface area (Å²) in [5, 5.41) is 18.0. The van der Waals surface area contributed by atoms with Crippen LogP contribution in [-0.4, -0.2) is 85.0 Å². The number of aliphatic hydroxyl groups excluding tert-OH is 1. The van der Waals surface area contributed by atoms with Gasteiger partial charge in [-0.2, -0.15) is 5.10 Å². The number of methoxy groups -OCH3 is 1. The summed E-state index contributed by atoms with van der Waals surface area (Å²) in [5.41, 5.74) is 5.76. The Morgan fingerprint density at radius 3 is 2.79 bits per heavy atom. The van der Waals surface area contributed by atoms with Gasteiger partial charge in [-0.1, -0.05) is 6.07 Å². The summed E-state index contributed by atoms with van der Waals surface area (Å²) in [7, 11) is 1.51. The average molecular weight is 600 g/mol. The van der Waals surface area contributed by atoms with Crippen LogP contribution in [0.15, 0.2) is 47.7 Å². The predicted molar refractivity (Wildman–Crippen MR) is 154 cm³/mol. The maximum absolute atomic E-state index is 15.0. The van der Waals surface area contributed by atoms with Crippen molar-refractivity contribution in [2.24, 2.45) is 10.7 Å². The fraction of sp³-hybridized carbons (Fsp3) is 0.414. The van der Waals surface area contributed by atoms with E-state index in [1.807, 2.05) is 0 Å². The first kappa shape index (κ1) is 30.2. The lowest BCUT2D eigenvalue weighted by Crippen LogP contribution is -2.44. The van der Waals surface area contributed by atoms with Gasteiger partial charge in [-0.3, -0.25) is 19.4 Å². The van der Waals surface area contributed by atoms with Gasteiger partial charge in [-0.05, 0) is 31.0 Å². The predicted octanol–water partition coefficient (Wildman–Crippen LogP) is 0.782. The lowest BCUT2D eigenvalue weighted by atomic mass is 10.1. The minimum atomic E-state index is -1.02. The number of carbonyl (C=O) groups is 1. The van der Waals surface area contributed by atoms with Gasteiger partial charge in [0.15, 0.2) is 23.1 Å². The second-order valence-corrected chi connectivity index (χ2v) is 10.1. The van der Waals surface area contributed by atoms with Gasteiger partial charge in [-0.25, -0.2) is 8.78 Å². The molecule has 230 valence electrons. The summed E-state index contributed by atoms with van der Waals surface area (Å²) in [6, 6.07) is 7.71. The highest BCUT2D eigenvalue weighted by molar-refractivity contribution is 5.78. The van der Waals surface area contributed by atoms with Crippen LogP contribution >= 0.6 is 0 Å². The number of hydrogen-bond acceptors (Lipinski definition) is 10. The second-order valence-electron chi connectivity index (χ2n) is 10.1. The summed E-state index contributed by atoms with van der Waals surface area (Å²) in [5.74, 6) is -1.29. The molecular weight excluding hydrogens is 564 g/mol. The van der Waals surface area contributed by atoms with E-state index in [1.54, 1.807) is 18.3 Å². The standard InChI is InChI=1S/C29H35F2N7O5/c1-41-25-13-21-23(14-26(25)43-12-8-36(7-9-39)20-5-10-42-11-6-20)33-18-38(24-4-2-3-22(30)28(24)31)29(21)35-19-15-34-37(16-19)17-27(32)40/h2-4,13-16,20,35,39H,5-12,17-18H2,1H3,(H2,32,40). The van der Waals surface area contributed by atoms with Crippen LogP contribution in [0.3, 0.4) is 0 Å². The number of anilines is 2. The number of nitrogens with two attached hydrogens (primary N) is 1. The Morgan fingerprint density at radius 1 is 1.23 bits per heavy atom. The minimum Gasteiger partial charge on any atom is -0.493 e. The fourth-order valence-electron chi connectivity index (χ4n) is 5.28. The van der Waals surface area contributed by atoms with Crippen molar-refractivity contribution in [2.45, 2.75) is 25.4 Å². The van der Waals surface area contributed by atoms with E-state index in [0.29, 0.717) is 72.5 Å². The maximum Gasteiger partial charge on any atom is 0.239 e. The molecule has 1 aromatic heterocycles. The van der Waals surface area contributed by atoms with Crippen molar-refractivity contribution in [1.29, 1.82) is 0 Å². The Hall–Kier alpha value is -4.27. The van der Waals surface area contributed by atoms with Crippen molar-refractivity contribution < 1.29 is 32.9 Å². The molecule has 5 rings (SSSR count). The monoisotopic (exact) mass is 599 g/mol. The normalized spacial score (nSPS) is 15.3. The maximum atomic E-state index is 15.0. The SMILES string of the molecule is COc1cc2c(cc1OCCN(CCO)C1CCOCC1)=NCN(c1cccc(F)c1F)C=2Nc1cnn(CC(N)=O)c1. The van der Waals surface area contributed by atoms with E-state index < -0.39 is 17.5 Å². The van der Waals surface area contributed by atoms with E-state index in [0.717, 1.165) is 18.9 Å². The highest BCUT2D eigenvalue weighted by atomic mass is 19.2. The van der Waals surface area contributed by atoms with Crippen LogP contribution < -0.4 is 36.0 Å². The number of primary amides is 1. The lowest BCUT2D eigenvalue weighted by Gasteiger charge is -2.33. The number of fused-ring (bicyclic) bond motifs is 1. The number of ether oxygens (including phenoxy) is 3. The number of aliphatic hydroxyl groups is 1. The van der Waals surface area contributed by atoms with Gasteiger partial charge in [0.1, 0.15) is 25.6 Å². The van der Waals surface area contributed by atoms with E-state index in [2.05, 4.69) is 20.3 Å². The van der Waals surface area contributed by atoms with Crippen LogP contribution in [0.1, 0.15) is 12.8 Å². The van der Waals surface area contributed by atoms with Crippen molar-refractivity contribution in [2.75, 3.05) is 63.5 Å². The van der Waals surface area contributed by atoms with Gasteiger partial charge in [0.25, 0.3) is 0 Å². The Labute approximate surface area is 246 Å². The Kier molecular flexibility index (Phi) is 9.69. The highest BCUT2D eigenvalue weighted by Crippen LogP contribution is 2.29. The number of hydrogen-bond donors (Lipinski definition) is 3. The van der Waals surface area contributed by atoms with Crippen molar-refractivity contribution >= 4 is 23.1 Å². The molecule has 2 aliphatic heterocycles. The lowest BCUT2D eigenvalue weighted by molar-refractivity contribution is -0.118. The van der Waals surface area contributed by atoms with E-state index in [1.165, 1.54) is 35.0 Å². The number of carbonyl (C=O) groups excluding carboxylic acids is 1. The number of rotatable bonds is 13. The molecule has 0 aliphatic carbocycles. The first-order chi connectivity index (χ1) is 20.9. The molecule has 1 saturated heterocycles. The molecule has 3 heterocycles. The van der Waals surface area contributed by atoms with Crippen molar-refractivity contribution in [3.8, 4) is 11.5 Å². The molecule has 3 aromatic rings. The zero-order valence-corrected chi connectivity index (χ0v) is 23.8. The van der Waals surface area contributed by atoms with E-state index in [-0.39, 0.29) is 25.5 Å². The molecule has 12 nitrogen and oxygen atoms in total. The number of aromatic nitrogens is 2. The van der Waals surface area contributed by atoms with Crippen molar-refractivity contribution in [1.82, 2.24) is 14.7 Å². The van der Waals surface area contributed by atoms with Crippen molar-refractivity contribution in [3.63, 3.8) is 0 Å². The molecule has 0 radical (unpaired) electrons. The molecule has 0 unspecified atom stereocenters. The summed E-state index contributed by atoms with van der Waals surface area (Å²) in [4.78, 5) is 19.7. The Balaban J connectivity index is 1.47. The van der Waals surface area contributed by atoms with Gasteiger partial charge in [0.2, 0.25) is 5.91 Å².